The molecule has 3 unspecified atom stereocenters. The summed E-state index contributed by atoms with van der Waals surface area (Å²) < 4.78 is 20.1. The van der Waals surface area contributed by atoms with Crippen LogP contribution >= 0.6 is 12.4 Å². The van der Waals surface area contributed by atoms with Crippen LogP contribution in [-0.2, 0) is 67.0 Å². The van der Waals surface area contributed by atoms with E-state index in [9.17, 15) is 38.4 Å². The number of carboxylic acid groups (broad SMARTS) is 1. The summed E-state index contributed by atoms with van der Waals surface area (Å²) in [6, 6.07) is 2.26. The first-order valence-corrected chi connectivity index (χ1v) is 23.4. The fourth-order valence-corrected chi connectivity index (χ4v) is 3.80. The van der Waals surface area contributed by atoms with E-state index in [4.69, 9.17) is 66.2 Å². The van der Waals surface area contributed by atoms with Crippen LogP contribution in [0, 0.1) is 46.3 Å². The number of nitrogens with zero attached hydrogens (tertiary/aromatic N) is 3. The van der Waals surface area contributed by atoms with Gasteiger partial charge in [0, 0.05) is 43.9 Å². The molecule has 0 aliphatic rings. The zero-order chi connectivity index (χ0) is 60.7. The number of aliphatic hydroxyl groups is 3. The average Bonchev–Trinajstić information content (AvgIpc) is 3.22. The molecule has 0 bridgehead atoms. The zero-order valence-electron chi connectivity index (χ0n) is 48.6. The third kappa shape index (κ3) is 66.9. The number of hydroxylamine groups is 3. The van der Waals surface area contributed by atoms with Gasteiger partial charge >= 0.3 is 29.8 Å². The summed E-state index contributed by atoms with van der Waals surface area (Å²) >= 11 is 0. The summed E-state index contributed by atoms with van der Waals surface area (Å²) in [6.07, 6.45) is -2.37. The van der Waals surface area contributed by atoms with Crippen molar-refractivity contribution in [1.82, 2.24) is 10.5 Å². The van der Waals surface area contributed by atoms with E-state index in [-0.39, 0.29) is 67.8 Å². The smallest absolute Gasteiger partial charge is 0.307 e. The van der Waals surface area contributed by atoms with Gasteiger partial charge in [-0.25, -0.2) is 10.5 Å². The number of hydrogen-bond acceptors (Lipinski definition) is 22. The van der Waals surface area contributed by atoms with Crippen LogP contribution in [0.4, 0.5) is 0 Å². The Morgan fingerprint density at radius 1 is 0.613 bits per heavy atom. The van der Waals surface area contributed by atoms with Gasteiger partial charge in [-0.3, -0.25) is 38.4 Å². The van der Waals surface area contributed by atoms with Gasteiger partial charge in [0.25, 0.3) is 0 Å². The molecule has 75 heavy (non-hydrogen) atoms. The molecule has 25 nitrogen and oxygen atoms in total. The summed E-state index contributed by atoms with van der Waals surface area (Å²) in [5.41, 5.74) is 15.2. The van der Waals surface area contributed by atoms with E-state index < -0.39 is 88.4 Å². The molecule has 0 heterocycles. The van der Waals surface area contributed by atoms with Crippen LogP contribution in [0.25, 0.3) is 0 Å². The first-order valence-electron chi connectivity index (χ1n) is 23.4. The van der Waals surface area contributed by atoms with Crippen LogP contribution in [0.3, 0.4) is 0 Å². The van der Waals surface area contributed by atoms with Gasteiger partial charge < -0.3 is 66.2 Å². The van der Waals surface area contributed by atoms with Crippen molar-refractivity contribution >= 4 is 60.4 Å². The molecular weight excluding hydrogens is 1010 g/mol. The Kier molecular flexibility index (Phi) is 52.1. The Balaban J connectivity index is -0.000000120. The monoisotopic (exact) mass is 1110 g/mol. The maximum atomic E-state index is 11.6. The van der Waals surface area contributed by atoms with Crippen LogP contribution < -0.4 is 22.7 Å². The van der Waals surface area contributed by atoms with Gasteiger partial charge in [0.05, 0.1) is 58.0 Å². The normalized spacial score (nSPS) is 14.1. The maximum Gasteiger partial charge on any atom is 0.307 e. The lowest BCUT2D eigenvalue weighted by Crippen LogP contribution is -2.41. The van der Waals surface area contributed by atoms with Crippen molar-refractivity contribution in [3.8, 4) is 12.1 Å². The SMILES string of the molecule is CNOC.CON(C)C(=O)[C@H](C)CC(=O)OC(C)(C)C.C[C@@H](C=O)CC(=O)OC(C)(C)C.C[C@H](CC(=O)OC(C)(C)C)C(=O)O.C[C@H](CC(=O)OC(C)(C)C)C(O)C#N.C[C@H](N)C(O)C#N.C[C@H](N)C(O)C(N)=O.Cl. The van der Waals surface area contributed by atoms with E-state index >= 15 is 0 Å². The van der Waals surface area contributed by atoms with Gasteiger partial charge in [-0.05, 0) is 96.9 Å². The van der Waals surface area contributed by atoms with Crippen molar-refractivity contribution in [3.63, 3.8) is 0 Å². The third-order valence-corrected chi connectivity index (χ3v) is 7.56. The number of carboxylic acids is 1. The molecule has 0 rings (SSSR count). The van der Waals surface area contributed by atoms with E-state index in [2.05, 4.69) is 16.1 Å². The number of aliphatic carboxylic acids is 1. The van der Waals surface area contributed by atoms with Crippen molar-refractivity contribution in [3.05, 3.63) is 0 Å². The molecule has 0 aliphatic carbocycles. The quantitative estimate of drug-likeness (QED) is 0.0341. The minimum Gasteiger partial charge on any atom is -0.481 e. The van der Waals surface area contributed by atoms with Crippen LogP contribution in [-0.4, -0.2) is 155 Å². The number of carbonyl (C=O) groups excluding carboxylic acids is 7. The topological polar surface area (TPSA) is 414 Å². The Labute approximate surface area is 452 Å². The number of nitrogens with two attached hydrogens (primary N) is 3. The Bertz CT molecular complexity index is 1700. The molecule has 26 heteroatoms. The van der Waals surface area contributed by atoms with Gasteiger partial charge in [0.2, 0.25) is 11.8 Å². The third-order valence-electron chi connectivity index (χ3n) is 7.56. The molecule has 442 valence electrons. The molecule has 0 aliphatic heterocycles. The van der Waals surface area contributed by atoms with Gasteiger partial charge in [-0.2, -0.15) is 10.5 Å². The highest BCUT2D eigenvalue weighted by Crippen LogP contribution is 2.16. The second kappa shape index (κ2) is 45.1. The number of primary amides is 1. The van der Waals surface area contributed by atoms with E-state index in [0.29, 0.717) is 0 Å². The van der Waals surface area contributed by atoms with E-state index in [1.807, 2.05) is 0 Å². The molecule has 0 saturated carbocycles. The number of nitrogens with one attached hydrogen (secondary N) is 1. The number of halogens is 1. The summed E-state index contributed by atoms with van der Waals surface area (Å²) in [5, 5.41) is 52.1. The van der Waals surface area contributed by atoms with Crippen molar-refractivity contribution in [1.29, 1.82) is 10.5 Å². The lowest BCUT2D eigenvalue weighted by Gasteiger charge is -2.22. The summed E-state index contributed by atoms with van der Waals surface area (Å²) in [6.45, 7) is 30.9. The number of nitriles is 2. The van der Waals surface area contributed by atoms with E-state index in [0.717, 1.165) is 11.3 Å². The predicted octanol–water partition coefficient (Wildman–Crippen LogP) is 3.19. The Morgan fingerprint density at radius 3 is 1.12 bits per heavy atom. The Morgan fingerprint density at radius 2 is 0.920 bits per heavy atom. The highest BCUT2D eigenvalue weighted by atomic mass is 35.5. The first kappa shape index (κ1) is 86.6. The molecule has 0 spiro atoms. The second-order valence-corrected chi connectivity index (χ2v) is 20.5. The molecule has 0 fully saturated rings. The molecule has 0 saturated heterocycles. The van der Waals surface area contributed by atoms with Crippen LogP contribution in [0.5, 0.6) is 0 Å². The zero-order valence-corrected chi connectivity index (χ0v) is 49.4. The molecule has 0 radical (unpaired) electrons. The maximum absolute atomic E-state index is 11.6. The fraction of sp³-hybridized carbons (Fsp3) is 0.796. The number of aliphatic hydroxyl groups excluding tert-OH is 3. The van der Waals surface area contributed by atoms with Crippen molar-refractivity contribution in [2.45, 2.75) is 203 Å². The minimum absolute atomic E-state index is 0. The predicted molar refractivity (Wildman–Crippen MR) is 281 cm³/mol. The van der Waals surface area contributed by atoms with Crippen LogP contribution in [0.2, 0.25) is 0 Å². The second-order valence-electron chi connectivity index (χ2n) is 20.5. The summed E-state index contributed by atoms with van der Waals surface area (Å²) in [4.78, 5) is 96.1. The van der Waals surface area contributed by atoms with Crippen LogP contribution in [0.15, 0.2) is 0 Å². The number of carbonyl (C=O) groups is 8. The molecule has 0 aromatic heterocycles. The minimum atomic E-state index is -1.21. The molecule has 0 aromatic rings. The molecule has 2 amide bonds. The number of aldehydes is 1. The highest BCUT2D eigenvalue weighted by molar-refractivity contribution is 5.85. The largest absolute Gasteiger partial charge is 0.481 e. The molecule has 9 atom stereocenters. The van der Waals surface area contributed by atoms with Gasteiger partial charge in [-0.15, -0.1) is 12.4 Å². The van der Waals surface area contributed by atoms with Gasteiger partial charge in [-0.1, -0.05) is 27.7 Å². The standard InChI is InChI=1S/C11H21NO4.C10H17NO3.C9H16O4.C9H16O3.C4H10N2O2.C4H8N2O.C2H7NO.ClH/c1-8(10(14)12(5)15-6)7-9(13)16-11(2,3)4;1-7(8(12)6-11)5-9(13)14-10(2,3)4;1-6(8(11)12)5-7(10)13-9(2,3)4;1-7(6-10)5-8(11)12-9(2,3)4;1-2(5)3(7)4(6)8;1-3(6)4(7)2-5;1-3-4-2;/h8H,7H2,1-6H3;7-8,12H,5H2,1-4H3;6H,5H2,1-4H3,(H,11,12);6-7H,5H2,1-4H3;2-3,7H,5H2,1H3,(H2,6,8);3-4,7H,6H2,1H3;3H,1-2H3;1H/t8-;7-,8?;6-;7-;2-,3?;3-,4?;;/m111100../s1. The van der Waals surface area contributed by atoms with Crippen molar-refractivity contribution in [2.24, 2.45) is 40.9 Å². The first-order chi connectivity index (χ1) is 33.1. The lowest BCUT2D eigenvalue weighted by atomic mass is 10.0. The Hall–Kier alpha value is -5.09. The molecule has 11 N–H and O–H groups in total. The van der Waals surface area contributed by atoms with Crippen molar-refractivity contribution in [2.75, 3.05) is 28.3 Å². The van der Waals surface area contributed by atoms with E-state index in [1.165, 1.54) is 28.0 Å². The highest BCUT2D eigenvalue weighted by Gasteiger charge is 2.25. The molecule has 0 aromatic carbocycles. The van der Waals surface area contributed by atoms with Gasteiger partial charge in [0.15, 0.2) is 6.10 Å². The van der Waals surface area contributed by atoms with Crippen molar-refractivity contribution < 1.29 is 87.4 Å². The summed E-state index contributed by atoms with van der Waals surface area (Å²) in [5.74, 6) is -5.33. The average molecular weight is 1110 g/mol. The fourth-order valence-electron chi connectivity index (χ4n) is 3.80. The number of rotatable bonds is 17. The lowest BCUT2D eigenvalue weighted by molar-refractivity contribution is -0.176. The number of esters is 4. The number of ether oxygens (including phenoxy) is 4. The van der Waals surface area contributed by atoms with Crippen LogP contribution in [0.1, 0.15) is 150 Å². The van der Waals surface area contributed by atoms with E-state index in [1.54, 1.807) is 137 Å². The van der Waals surface area contributed by atoms with Gasteiger partial charge in [0.1, 0.15) is 40.9 Å². The molecular formula is C49H96ClN7O18. The summed E-state index contributed by atoms with van der Waals surface area (Å²) in [7, 11) is 6.19. The number of hydrogen-bond donors (Lipinski definition) is 8. The number of amides is 2.